The molecule has 0 spiro atoms. The highest BCUT2D eigenvalue weighted by atomic mass is 32.1. The van der Waals surface area contributed by atoms with Crippen molar-refractivity contribution in [2.75, 3.05) is 0 Å². The van der Waals surface area contributed by atoms with E-state index >= 15 is 0 Å². The summed E-state index contributed by atoms with van der Waals surface area (Å²) in [7, 11) is 0. The minimum absolute atomic E-state index is 0.896. The van der Waals surface area contributed by atoms with E-state index in [2.05, 4.69) is 10.1 Å². The average molecular weight is 191 g/mol. The normalized spacial score (nSPS) is 11.1. The number of aromatic nitrogens is 3. The Labute approximate surface area is 77.4 Å². The highest BCUT2D eigenvalue weighted by Gasteiger charge is 2.05. The van der Waals surface area contributed by atoms with E-state index in [4.69, 9.17) is 4.42 Å². The Morgan fingerprint density at radius 1 is 1.46 bits per heavy atom. The number of rotatable bonds is 1. The molecule has 3 heterocycles. The molecule has 3 aromatic rings. The van der Waals surface area contributed by atoms with Gasteiger partial charge in [0.05, 0.1) is 24.4 Å². The monoisotopic (exact) mass is 191 g/mol. The van der Waals surface area contributed by atoms with Gasteiger partial charge >= 0.3 is 0 Å². The van der Waals surface area contributed by atoms with Crippen molar-refractivity contribution in [3.8, 4) is 11.3 Å². The summed E-state index contributed by atoms with van der Waals surface area (Å²) in [5.41, 5.74) is 3.65. The molecule has 3 rings (SSSR count). The number of hydrogen-bond acceptors (Lipinski definition) is 4. The van der Waals surface area contributed by atoms with Gasteiger partial charge in [-0.2, -0.15) is 5.10 Å². The molecule has 0 aliphatic rings. The molecule has 0 N–H and O–H groups in total. The molecule has 64 valence electrons. The van der Waals surface area contributed by atoms with Gasteiger partial charge in [-0.15, -0.1) is 0 Å². The minimum Gasteiger partial charge on any atom is -0.472 e. The van der Waals surface area contributed by atoms with E-state index in [1.165, 1.54) is 11.3 Å². The molecule has 3 aromatic heterocycles. The fourth-order valence-corrected chi connectivity index (χ4v) is 1.79. The molecule has 0 atom stereocenters. The van der Waals surface area contributed by atoms with Gasteiger partial charge in [0, 0.05) is 5.56 Å². The highest BCUT2D eigenvalue weighted by molar-refractivity contribution is 7.14. The zero-order chi connectivity index (χ0) is 8.67. The van der Waals surface area contributed by atoms with E-state index in [-0.39, 0.29) is 0 Å². The van der Waals surface area contributed by atoms with Gasteiger partial charge in [-0.05, 0) is 6.07 Å². The van der Waals surface area contributed by atoms with Gasteiger partial charge in [0.15, 0.2) is 0 Å². The van der Waals surface area contributed by atoms with Crippen molar-refractivity contribution in [2.45, 2.75) is 0 Å². The minimum atomic E-state index is 0.896. The maximum atomic E-state index is 4.98. The molecular weight excluding hydrogens is 186 g/mol. The number of nitrogens with zero attached hydrogens (tertiary/aromatic N) is 3. The summed E-state index contributed by atoms with van der Waals surface area (Å²) in [5.74, 6) is 0. The molecule has 0 saturated heterocycles. The Morgan fingerprint density at radius 3 is 3.23 bits per heavy atom. The maximum Gasteiger partial charge on any atom is 0.212 e. The lowest BCUT2D eigenvalue weighted by Crippen LogP contribution is -1.75. The fourth-order valence-electron chi connectivity index (χ4n) is 1.19. The lowest BCUT2D eigenvalue weighted by Gasteiger charge is -1.83. The van der Waals surface area contributed by atoms with Crippen molar-refractivity contribution >= 4 is 16.3 Å². The van der Waals surface area contributed by atoms with Crippen LogP contribution >= 0.6 is 11.3 Å². The Bertz CT molecular complexity index is 494. The van der Waals surface area contributed by atoms with Gasteiger partial charge in [-0.3, -0.25) is 0 Å². The number of fused-ring (bicyclic) bond motifs is 1. The smallest absolute Gasteiger partial charge is 0.212 e. The van der Waals surface area contributed by atoms with Gasteiger partial charge < -0.3 is 4.42 Å². The second-order valence-corrected chi connectivity index (χ2v) is 3.42. The van der Waals surface area contributed by atoms with Crippen LogP contribution in [-0.2, 0) is 0 Å². The highest BCUT2D eigenvalue weighted by Crippen LogP contribution is 2.20. The molecule has 0 aliphatic heterocycles. The van der Waals surface area contributed by atoms with Crippen molar-refractivity contribution in [1.29, 1.82) is 0 Å². The summed E-state index contributed by atoms with van der Waals surface area (Å²) in [5, 5.41) is 4.09. The zero-order valence-corrected chi connectivity index (χ0v) is 7.36. The first-order chi connectivity index (χ1) is 6.43. The molecular formula is C8H5N3OS. The van der Waals surface area contributed by atoms with Gasteiger partial charge in [-0.25, -0.2) is 9.50 Å². The average Bonchev–Trinajstić information content (AvgIpc) is 2.78. The molecule has 5 heteroatoms. The molecule has 13 heavy (non-hydrogen) atoms. The molecule has 0 fully saturated rings. The zero-order valence-electron chi connectivity index (χ0n) is 6.54. The van der Waals surface area contributed by atoms with Crippen molar-refractivity contribution in [3.63, 3.8) is 0 Å². The number of hydrogen-bond donors (Lipinski definition) is 0. The summed E-state index contributed by atoms with van der Waals surface area (Å²) in [6, 6.07) is 1.88. The van der Waals surface area contributed by atoms with Crippen LogP contribution in [0.25, 0.3) is 16.2 Å². The van der Waals surface area contributed by atoms with E-state index in [0.29, 0.717) is 0 Å². The van der Waals surface area contributed by atoms with Crippen LogP contribution in [0.1, 0.15) is 0 Å². The Kier molecular flexibility index (Phi) is 1.28. The molecule has 4 nitrogen and oxygen atoms in total. The second kappa shape index (κ2) is 2.43. The van der Waals surface area contributed by atoms with E-state index in [1.54, 1.807) is 22.6 Å². The first kappa shape index (κ1) is 6.85. The second-order valence-electron chi connectivity index (χ2n) is 2.60. The van der Waals surface area contributed by atoms with Crippen LogP contribution in [0.2, 0.25) is 0 Å². The first-order valence-corrected chi connectivity index (χ1v) is 4.63. The third-order valence-corrected chi connectivity index (χ3v) is 2.49. The first-order valence-electron chi connectivity index (χ1n) is 3.75. The molecule has 0 aliphatic carbocycles. The fraction of sp³-hybridized carbons (Fsp3) is 0. The Balaban J connectivity index is 2.23. The maximum absolute atomic E-state index is 4.98. The van der Waals surface area contributed by atoms with Gasteiger partial charge in [0.25, 0.3) is 0 Å². The summed E-state index contributed by atoms with van der Waals surface area (Å²) in [6.07, 6.45) is 5.19. The third kappa shape index (κ3) is 0.972. The SMILES string of the molecule is c1cc(-c2cn3ncsc3n2)co1. The molecule has 0 unspecified atom stereocenters. The van der Waals surface area contributed by atoms with Crippen molar-refractivity contribution in [3.05, 3.63) is 30.3 Å². The van der Waals surface area contributed by atoms with E-state index in [0.717, 1.165) is 16.2 Å². The van der Waals surface area contributed by atoms with Crippen LogP contribution in [0.15, 0.2) is 34.7 Å². The topological polar surface area (TPSA) is 43.3 Å². The molecule has 0 amide bonds. The van der Waals surface area contributed by atoms with Crippen LogP contribution in [0.4, 0.5) is 0 Å². The molecule has 0 saturated carbocycles. The predicted octanol–water partition coefficient (Wildman–Crippen LogP) is 2.05. The number of imidazole rings is 1. The van der Waals surface area contributed by atoms with Crippen molar-refractivity contribution in [1.82, 2.24) is 14.6 Å². The van der Waals surface area contributed by atoms with E-state index < -0.39 is 0 Å². The Morgan fingerprint density at radius 2 is 2.46 bits per heavy atom. The van der Waals surface area contributed by atoms with Crippen LogP contribution in [0.3, 0.4) is 0 Å². The van der Waals surface area contributed by atoms with Gasteiger partial charge in [0.1, 0.15) is 5.51 Å². The van der Waals surface area contributed by atoms with Crippen LogP contribution in [-0.4, -0.2) is 14.6 Å². The summed E-state index contributed by atoms with van der Waals surface area (Å²) in [4.78, 5) is 5.27. The van der Waals surface area contributed by atoms with Crippen LogP contribution in [0, 0.1) is 0 Å². The standard InChI is InChI=1S/C8H5N3OS/c1-2-12-4-6(1)7-3-11-8(10-7)13-5-9-11/h1-5H. The van der Waals surface area contributed by atoms with Crippen LogP contribution < -0.4 is 0 Å². The van der Waals surface area contributed by atoms with E-state index in [1.807, 2.05) is 12.3 Å². The van der Waals surface area contributed by atoms with Crippen molar-refractivity contribution < 1.29 is 4.42 Å². The number of furan rings is 1. The predicted molar refractivity (Wildman–Crippen MR) is 48.6 cm³/mol. The summed E-state index contributed by atoms with van der Waals surface area (Å²) in [6.45, 7) is 0. The molecule has 0 bridgehead atoms. The Hall–Kier alpha value is -1.62. The van der Waals surface area contributed by atoms with E-state index in [9.17, 15) is 0 Å². The third-order valence-electron chi connectivity index (χ3n) is 1.80. The largest absolute Gasteiger partial charge is 0.472 e. The van der Waals surface area contributed by atoms with Gasteiger partial charge in [0.2, 0.25) is 4.96 Å². The van der Waals surface area contributed by atoms with Gasteiger partial charge in [-0.1, -0.05) is 11.3 Å². The summed E-state index contributed by atoms with van der Waals surface area (Å²) < 4.78 is 6.73. The lowest BCUT2D eigenvalue weighted by atomic mass is 10.3. The lowest BCUT2D eigenvalue weighted by molar-refractivity contribution is 0.568. The molecule has 0 radical (unpaired) electrons. The quantitative estimate of drug-likeness (QED) is 0.591. The summed E-state index contributed by atoms with van der Waals surface area (Å²) >= 11 is 1.52. The van der Waals surface area contributed by atoms with Crippen molar-refractivity contribution in [2.24, 2.45) is 0 Å². The molecule has 0 aromatic carbocycles. The van der Waals surface area contributed by atoms with Crippen LogP contribution in [0.5, 0.6) is 0 Å².